The molecule has 2 atom stereocenters. The highest BCUT2D eigenvalue weighted by Gasteiger charge is 2.27. The Bertz CT molecular complexity index is 233. The van der Waals surface area contributed by atoms with Gasteiger partial charge in [0.2, 0.25) is 0 Å². The summed E-state index contributed by atoms with van der Waals surface area (Å²) in [4.78, 5) is 2.42. The second kappa shape index (κ2) is 6.70. The molecular formula is C11H23N3O2. The molecule has 2 unspecified atom stereocenters. The lowest BCUT2D eigenvalue weighted by Crippen LogP contribution is -2.36. The molecule has 0 aliphatic carbocycles. The zero-order valence-corrected chi connectivity index (χ0v) is 10.2. The van der Waals surface area contributed by atoms with Gasteiger partial charge in [0.05, 0.1) is 6.61 Å². The standard InChI is InChI=1S/C11H23N3O2/c1-3-10(6-11(12)13-15)14-5-4-9(7-14)8-16-2/h9-10,15H,3-8H2,1-2H3,(H2,12,13). The molecule has 0 aromatic rings. The average molecular weight is 229 g/mol. The molecule has 0 spiro atoms. The Balaban J connectivity index is 2.43. The van der Waals surface area contributed by atoms with Crippen molar-refractivity contribution in [1.82, 2.24) is 4.90 Å². The van der Waals surface area contributed by atoms with Crippen LogP contribution in [0.3, 0.4) is 0 Å². The molecule has 0 amide bonds. The number of amidine groups is 1. The Kier molecular flexibility index (Phi) is 5.55. The molecule has 5 nitrogen and oxygen atoms in total. The van der Waals surface area contributed by atoms with Gasteiger partial charge >= 0.3 is 0 Å². The molecule has 1 saturated heterocycles. The molecular weight excluding hydrogens is 206 g/mol. The molecule has 5 heteroatoms. The van der Waals surface area contributed by atoms with E-state index in [2.05, 4.69) is 17.0 Å². The van der Waals surface area contributed by atoms with Gasteiger partial charge in [-0.3, -0.25) is 4.90 Å². The summed E-state index contributed by atoms with van der Waals surface area (Å²) in [7, 11) is 1.75. The number of nitrogens with two attached hydrogens (primary N) is 1. The third-order valence-electron chi connectivity index (χ3n) is 3.28. The second-order valence-electron chi connectivity index (χ2n) is 4.46. The van der Waals surface area contributed by atoms with Crippen LogP contribution in [0.15, 0.2) is 5.16 Å². The highest BCUT2D eigenvalue weighted by Crippen LogP contribution is 2.21. The molecule has 0 aromatic carbocycles. The number of likely N-dealkylation sites (tertiary alicyclic amines) is 1. The molecule has 16 heavy (non-hydrogen) atoms. The van der Waals surface area contributed by atoms with Crippen molar-refractivity contribution in [3.05, 3.63) is 0 Å². The maximum absolute atomic E-state index is 8.58. The van der Waals surface area contributed by atoms with Crippen LogP contribution in [0, 0.1) is 5.92 Å². The highest BCUT2D eigenvalue weighted by molar-refractivity contribution is 5.80. The van der Waals surface area contributed by atoms with Crippen LogP contribution >= 0.6 is 0 Å². The van der Waals surface area contributed by atoms with Crippen molar-refractivity contribution in [1.29, 1.82) is 0 Å². The minimum Gasteiger partial charge on any atom is -0.409 e. The van der Waals surface area contributed by atoms with Crippen molar-refractivity contribution >= 4 is 5.84 Å². The summed E-state index contributed by atoms with van der Waals surface area (Å²) in [6.45, 7) is 5.12. The van der Waals surface area contributed by atoms with Crippen molar-refractivity contribution in [3.8, 4) is 0 Å². The van der Waals surface area contributed by atoms with Crippen molar-refractivity contribution in [2.24, 2.45) is 16.8 Å². The first-order chi connectivity index (χ1) is 7.71. The minimum atomic E-state index is 0.321. The van der Waals surface area contributed by atoms with Gasteiger partial charge in [0, 0.05) is 26.1 Å². The summed E-state index contributed by atoms with van der Waals surface area (Å²) >= 11 is 0. The van der Waals surface area contributed by atoms with E-state index in [4.69, 9.17) is 15.7 Å². The van der Waals surface area contributed by atoms with E-state index in [-0.39, 0.29) is 0 Å². The van der Waals surface area contributed by atoms with Gasteiger partial charge < -0.3 is 15.7 Å². The summed E-state index contributed by atoms with van der Waals surface area (Å²) in [6.07, 6.45) is 2.85. The van der Waals surface area contributed by atoms with Crippen LogP contribution < -0.4 is 5.73 Å². The normalized spacial score (nSPS) is 24.9. The Hall–Kier alpha value is -0.810. The monoisotopic (exact) mass is 229 g/mol. The third-order valence-corrected chi connectivity index (χ3v) is 3.28. The van der Waals surface area contributed by atoms with Gasteiger partial charge in [0.25, 0.3) is 0 Å². The van der Waals surface area contributed by atoms with Crippen molar-refractivity contribution in [3.63, 3.8) is 0 Å². The Morgan fingerprint density at radius 2 is 2.44 bits per heavy atom. The zero-order chi connectivity index (χ0) is 12.0. The predicted octanol–water partition coefficient (Wildman–Crippen LogP) is 0.870. The predicted molar refractivity (Wildman–Crippen MR) is 63.7 cm³/mol. The molecule has 3 N–H and O–H groups in total. The van der Waals surface area contributed by atoms with Gasteiger partial charge in [-0.15, -0.1) is 0 Å². The molecule has 1 rings (SSSR count). The Morgan fingerprint density at radius 3 is 3.00 bits per heavy atom. The quantitative estimate of drug-likeness (QED) is 0.307. The summed E-state index contributed by atoms with van der Waals surface area (Å²) in [5.74, 6) is 0.952. The Morgan fingerprint density at radius 1 is 1.69 bits per heavy atom. The highest BCUT2D eigenvalue weighted by atomic mass is 16.5. The van der Waals surface area contributed by atoms with Gasteiger partial charge in [0.15, 0.2) is 0 Å². The SMILES string of the molecule is CCC(CC(N)=NO)N1CCC(COC)C1. The zero-order valence-electron chi connectivity index (χ0n) is 10.2. The maximum atomic E-state index is 8.58. The molecule has 0 saturated carbocycles. The van der Waals surface area contributed by atoms with Gasteiger partial charge in [-0.25, -0.2) is 0 Å². The molecule has 0 radical (unpaired) electrons. The van der Waals surface area contributed by atoms with Crippen LogP contribution in [0.1, 0.15) is 26.2 Å². The number of methoxy groups -OCH3 is 1. The van der Waals surface area contributed by atoms with E-state index in [1.54, 1.807) is 7.11 Å². The van der Waals surface area contributed by atoms with Crippen LogP contribution in [-0.2, 0) is 4.74 Å². The minimum absolute atomic E-state index is 0.321. The number of ether oxygens (including phenoxy) is 1. The smallest absolute Gasteiger partial charge is 0.140 e. The van der Waals surface area contributed by atoms with Gasteiger partial charge in [-0.1, -0.05) is 12.1 Å². The average Bonchev–Trinajstić information content (AvgIpc) is 2.74. The molecule has 0 aromatic heterocycles. The number of hydrogen-bond donors (Lipinski definition) is 2. The fourth-order valence-electron chi connectivity index (χ4n) is 2.38. The topological polar surface area (TPSA) is 71.1 Å². The van der Waals surface area contributed by atoms with E-state index in [0.717, 1.165) is 26.1 Å². The molecule has 94 valence electrons. The van der Waals surface area contributed by atoms with Gasteiger partial charge in [0.1, 0.15) is 5.84 Å². The molecule has 0 bridgehead atoms. The first kappa shape index (κ1) is 13.3. The fourth-order valence-corrected chi connectivity index (χ4v) is 2.38. The van der Waals surface area contributed by atoms with E-state index in [0.29, 0.717) is 24.2 Å². The largest absolute Gasteiger partial charge is 0.409 e. The second-order valence-corrected chi connectivity index (χ2v) is 4.46. The lowest BCUT2D eigenvalue weighted by atomic mass is 10.1. The first-order valence-electron chi connectivity index (χ1n) is 5.90. The van der Waals surface area contributed by atoms with Crippen molar-refractivity contribution in [2.75, 3.05) is 26.8 Å². The van der Waals surface area contributed by atoms with Crippen LogP contribution in [0.2, 0.25) is 0 Å². The third kappa shape index (κ3) is 3.64. The van der Waals surface area contributed by atoms with E-state index < -0.39 is 0 Å². The van der Waals surface area contributed by atoms with Crippen LogP contribution in [-0.4, -0.2) is 48.8 Å². The summed E-state index contributed by atoms with van der Waals surface area (Å²) < 4.78 is 5.17. The number of oxime groups is 1. The number of rotatable bonds is 6. The maximum Gasteiger partial charge on any atom is 0.140 e. The summed E-state index contributed by atoms with van der Waals surface area (Å²) in [5.41, 5.74) is 5.56. The Labute approximate surface area is 97.2 Å². The molecule has 1 aliphatic heterocycles. The molecule has 1 heterocycles. The van der Waals surface area contributed by atoms with E-state index in [1.807, 2.05) is 0 Å². The van der Waals surface area contributed by atoms with Crippen molar-refractivity contribution in [2.45, 2.75) is 32.2 Å². The molecule has 1 fully saturated rings. The molecule has 1 aliphatic rings. The number of nitrogens with zero attached hydrogens (tertiary/aromatic N) is 2. The fraction of sp³-hybridized carbons (Fsp3) is 0.909. The van der Waals surface area contributed by atoms with E-state index in [9.17, 15) is 0 Å². The van der Waals surface area contributed by atoms with Crippen molar-refractivity contribution < 1.29 is 9.94 Å². The van der Waals surface area contributed by atoms with E-state index in [1.165, 1.54) is 6.42 Å². The summed E-state index contributed by atoms with van der Waals surface area (Å²) in [6, 6.07) is 0.387. The summed E-state index contributed by atoms with van der Waals surface area (Å²) in [5, 5.41) is 11.6. The lowest BCUT2D eigenvalue weighted by molar-refractivity contribution is 0.146. The van der Waals surface area contributed by atoms with Crippen LogP contribution in [0.25, 0.3) is 0 Å². The van der Waals surface area contributed by atoms with Crippen LogP contribution in [0.5, 0.6) is 0 Å². The number of hydrogen-bond acceptors (Lipinski definition) is 4. The van der Waals surface area contributed by atoms with Gasteiger partial charge in [-0.2, -0.15) is 0 Å². The van der Waals surface area contributed by atoms with Crippen LogP contribution in [0.4, 0.5) is 0 Å². The van der Waals surface area contributed by atoms with Gasteiger partial charge in [-0.05, 0) is 25.3 Å². The first-order valence-corrected chi connectivity index (χ1v) is 5.90. The lowest BCUT2D eigenvalue weighted by Gasteiger charge is -2.26. The van der Waals surface area contributed by atoms with E-state index >= 15 is 0 Å².